The Bertz CT molecular complexity index is 523. The Hall–Kier alpha value is -1.64. The van der Waals surface area contributed by atoms with Gasteiger partial charge in [0.05, 0.1) is 18.8 Å². The van der Waals surface area contributed by atoms with E-state index in [1.165, 1.54) is 0 Å². The topological polar surface area (TPSA) is 67.8 Å². The van der Waals surface area contributed by atoms with E-state index in [0.29, 0.717) is 0 Å². The van der Waals surface area contributed by atoms with Crippen molar-refractivity contribution in [1.29, 1.82) is 0 Å². The molecule has 1 aromatic carbocycles. The van der Waals surface area contributed by atoms with Crippen molar-refractivity contribution >= 4 is 5.91 Å². The van der Waals surface area contributed by atoms with Crippen molar-refractivity contribution in [3.63, 3.8) is 0 Å². The predicted octanol–water partition coefficient (Wildman–Crippen LogP) is 1.75. The molecule has 1 aliphatic rings. The largest absolute Gasteiger partial charge is 0.471 e. The molecule has 0 aromatic heterocycles. The van der Waals surface area contributed by atoms with Crippen LogP contribution in [0.25, 0.3) is 0 Å². The molecule has 0 aliphatic carbocycles. The van der Waals surface area contributed by atoms with E-state index in [1.54, 1.807) is 6.92 Å². The molecular weight excluding hydrogens is 315 g/mol. The number of hydrogen-bond donors (Lipinski definition) is 2. The molecule has 2 rings (SSSR count). The molecule has 4 atom stereocenters. The number of nitrogens with one attached hydrogen (secondary N) is 1. The SMILES string of the molecule is C[C@@H]1O[C@H](O)C[C@H](NC(=O)C(F)(F)F)[C@@H]1OCc1ccccc1. The van der Waals surface area contributed by atoms with Crippen LogP contribution in [0.5, 0.6) is 0 Å². The number of alkyl halides is 3. The van der Waals surface area contributed by atoms with Gasteiger partial charge < -0.3 is 19.9 Å². The molecule has 0 bridgehead atoms. The first-order chi connectivity index (χ1) is 10.8. The standard InChI is InChI=1S/C15H18F3NO4/c1-9-13(22-8-10-5-3-2-4-6-10)11(7-12(20)23-9)19-14(21)15(16,17)18/h2-6,9,11-13,20H,7-8H2,1H3,(H,19,21)/t9-,11-,12-,13+/m0/s1. The zero-order valence-corrected chi connectivity index (χ0v) is 12.4. The third-order valence-electron chi connectivity index (χ3n) is 3.55. The molecule has 0 spiro atoms. The minimum atomic E-state index is -4.99. The van der Waals surface area contributed by atoms with Crippen molar-refractivity contribution < 1.29 is 32.5 Å². The first kappa shape index (κ1) is 17.7. The maximum atomic E-state index is 12.4. The summed E-state index contributed by atoms with van der Waals surface area (Å²) in [4.78, 5) is 11.2. The first-order valence-corrected chi connectivity index (χ1v) is 7.14. The summed E-state index contributed by atoms with van der Waals surface area (Å²) in [5.74, 6) is -2.06. The van der Waals surface area contributed by atoms with E-state index in [1.807, 2.05) is 35.6 Å². The molecule has 5 nitrogen and oxygen atoms in total. The number of aliphatic hydroxyl groups excluding tert-OH is 1. The fourth-order valence-corrected chi connectivity index (χ4v) is 2.47. The molecule has 1 fully saturated rings. The summed E-state index contributed by atoms with van der Waals surface area (Å²) < 4.78 is 48.1. The minimum Gasteiger partial charge on any atom is -0.369 e. The summed E-state index contributed by atoms with van der Waals surface area (Å²) in [6, 6.07) is 8.09. The molecule has 0 radical (unpaired) electrons. The highest BCUT2D eigenvalue weighted by molar-refractivity contribution is 5.82. The van der Waals surface area contributed by atoms with Crippen LogP contribution in [0.2, 0.25) is 0 Å². The van der Waals surface area contributed by atoms with Gasteiger partial charge >= 0.3 is 12.1 Å². The summed E-state index contributed by atoms with van der Waals surface area (Å²) in [6.07, 6.45) is -7.88. The number of carbonyl (C=O) groups is 1. The predicted molar refractivity (Wildman–Crippen MR) is 74.2 cm³/mol. The molecule has 2 N–H and O–H groups in total. The number of hydrogen-bond acceptors (Lipinski definition) is 4. The van der Waals surface area contributed by atoms with Gasteiger partial charge in [0.2, 0.25) is 0 Å². The molecule has 128 valence electrons. The Labute approximate surface area is 131 Å². The molecule has 1 amide bonds. The maximum Gasteiger partial charge on any atom is 0.471 e. The van der Waals surface area contributed by atoms with Gasteiger partial charge in [-0.2, -0.15) is 13.2 Å². The van der Waals surface area contributed by atoms with Crippen LogP contribution in [-0.2, 0) is 20.9 Å². The quantitative estimate of drug-likeness (QED) is 0.881. The highest BCUT2D eigenvalue weighted by Gasteiger charge is 2.44. The van der Waals surface area contributed by atoms with Gasteiger partial charge in [-0.15, -0.1) is 0 Å². The van der Waals surface area contributed by atoms with Crippen molar-refractivity contribution in [2.75, 3.05) is 0 Å². The van der Waals surface area contributed by atoms with Crippen LogP contribution >= 0.6 is 0 Å². The van der Waals surface area contributed by atoms with Crippen molar-refractivity contribution in [3.8, 4) is 0 Å². The smallest absolute Gasteiger partial charge is 0.369 e. The van der Waals surface area contributed by atoms with E-state index < -0.39 is 36.6 Å². The highest BCUT2D eigenvalue weighted by atomic mass is 19.4. The van der Waals surface area contributed by atoms with Crippen LogP contribution in [0.15, 0.2) is 30.3 Å². The average molecular weight is 333 g/mol. The number of aliphatic hydroxyl groups is 1. The second-order valence-corrected chi connectivity index (χ2v) is 5.37. The number of halogens is 3. The molecule has 1 heterocycles. The van der Waals surface area contributed by atoms with Gasteiger partial charge in [0, 0.05) is 6.42 Å². The molecule has 1 aliphatic heterocycles. The van der Waals surface area contributed by atoms with Crippen LogP contribution in [0.4, 0.5) is 13.2 Å². The van der Waals surface area contributed by atoms with E-state index in [0.717, 1.165) is 5.56 Å². The molecule has 8 heteroatoms. The van der Waals surface area contributed by atoms with E-state index >= 15 is 0 Å². The number of amides is 1. The van der Waals surface area contributed by atoms with Gasteiger partial charge in [-0.05, 0) is 12.5 Å². The Kier molecular flexibility index (Phi) is 5.61. The number of rotatable bonds is 4. The Morgan fingerprint density at radius 1 is 1.39 bits per heavy atom. The van der Waals surface area contributed by atoms with Gasteiger partial charge in [0.25, 0.3) is 0 Å². The fraction of sp³-hybridized carbons (Fsp3) is 0.533. The lowest BCUT2D eigenvalue weighted by Gasteiger charge is -2.39. The zero-order chi connectivity index (χ0) is 17.0. The lowest BCUT2D eigenvalue weighted by Crippen LogP contribution is -2.57. The first-order valence-electron chi connectivity index (χ1n) is 7.14. The normalized spacial score (nSPS) is 28.4. The van der Waals surface area contributed by atoms with E-state index in [2.05, 4.69) is 0 Å². The number of benzene rings is 1. The summed E-state index contributed by atoms with van der Waals surface area (Å²) in [6.45, 7) is 1.73. The number of ether oxygens (including phenoxy) is 2. The monoisotopic (exact) mass is 333 g/mol. The van der Waals surface area contributed by atoms with Crippen LogP contribution < -0.4 is 5.32 Å². The third-order valence-corrected chi connectivity index (χ3v) is 3.55. The molecule has 23 heavy (non-hydrogen) atoms. The Balaban J connectivity index is 2.04. The summed E-state index contributed by atoms with van der Waals surface area (Å²) in [7, 11) is 0. The van der Waals surface area contributed by atoms with Crippen LogP contribution in [0.3, 0.4) is 0 Å². The average Bonchev–Trinajstić information content (AvgIpc) is 2.46. The highest BCUT2D eigenvalue weighted by Crippen LogP contribution is 2.24. The Morgan fingerprint density at radius 2 is 2.04 bits per heavy atom. The second-order valence-electron chi connectivity index (χ2n) is 5.37. The van der Waals surface area contributed by atoms with Crippen molar-refractivity contribution in [2.24, 2.45) is 0 Å². The molecule has 1 saturated heterocycles. The lowest BCUT2D eigenvalue weighted by molar-refractivity contribution is -0.219. The minimum absolute atomic E-state index is 0.160. The van der Waals surface area contributed by atoms with Crippen LogP contribution in [0.1, 0.15) is 18.9 Å². The molecule has 0 unspecified atom stereocenters. The van der Waals surface area contributed by atoms with Crippen molar-refractivity contribution in [1.82, 2.24) is 5.32 Å². The second kappa shape index (κ2) is 7.29. The van der Waals surface area contributed by atoms with E-state index in [4.69, 9.17) is 9.47 Å². The summed E-state index contributed by atoms with van der Waals surface area (Å²) in [5.41, 5.74) is 0.840. The van der Waals surface area contributed by atoms with Gasteiger partial charge in [-0.3, -0.25) is 4.79 Å². The fourth-order valence-electron chi connectivity index (χ4n) is 2.47. The summed E-state index contributed by atoms with van der Waals surface area (Å²) in [5, 5.41) is 11.4. The van der Waals surface area contributed by atoms with Gasteiger partial charge in [0.15, 0.2) is 6.29 Å². The lowest BCUT2D eigenvalue weighted by atomic mass is 9.99. The van der Waals surface area contributed by atoms with Crippen LogP contribution in [0, 0.1) is 0 Å². The maximum absolute atomic E-state index is 12.4. The third kappa shape index (κ3) is 4.92. The van der Waals surface area contributed by atoms with Gasteiger partial charge in [-0.1, -0.05) is 30.3 Å². The summed E-state index contributed by atoms with van der Waals surface area (Å²) >= 11 is 0. The van der Waals surface area contributed by atoms with Crippen LogP contribution in [-0.4, -0.2) is 41.7 Å². The molecule has 1 aromatic rings. The molecular formula is C15H18F3NO4. The van der Waals surface area contributed by atoms with E-state index in [-0.39, 0.29) is 13.0 Å². The van der Waals surface area contributed by atoms with Crippen molar-refractivity contribution in [2.45, 2.75) is 50.7 Å². The zero-order valence-electron chi connectivity index (χ0n) is 12.4. The number of carbonyl (C=O) groups excluding carboxylic acids is 1. The molecule has 0 saturated carbocycles. The Morgan fingerprint density at radius 3 is 2.65 bits per heavy atom. The van der Waals surface area contributed by atoms with Crippen molar-refractivity contribution in [3.05, 3.63) is 35.9 Å². The van der Waals surface area contributed by atoms with Gasteiger partial charge in [-0.25, -0.2) is 0 Å². The van der Waals surface area contributed by atoms with E-state index in [9.17, 15) is 23.1 Å². The van der Waals surface area contributed by atoms with Gasteiger partial charge in [0.1, 0.15) is 6.10 Å².